The molecule has 0 N–H and O–H groups in total. The second-order valence-electron chi connectivity index (χ2n) is 7.00. The molecule has 0 radical (unpaired) electrons. The molecule has 0 bridgehead atoms. The number of hydrogen-bond donors (Lipinski definition) is 0. The van der Waals surface area contributed by atoms with Crippen LogP contribution in [-0.4, -0.2) is 16.5 Å². The number of ketones is 1. The zero-order valence-corrected chi connectivity index (χ0v) is 15.7. The van der Waals surface area contributed by atoms with E-state index in [1.165, 1.54) is 37.7 Å². The molecule has 3 aromatic rings. The number of benzene rings is 2. The highest BCUT2D eigenvalue weighted by Crippen LogP contribution is 2.33. The van der Waals surface area contributed by atoms with Crippen LogP contribution in [-0.2, 0) is 0 Å². The van der Waals surface area contributed by atoms with E-state index in [1.54, 1.807) is 18.0 Å². The molecule has 0 aliphatic heterocycles. The summed E-state index contributed by atoms with van der Waals surface area (Å²) >= 11 is 1.57. The van der Waals surface area contributed by atoms with E-state index >= 15 is 0 Å². The monoisotopic (exact) mass is 361 g/mol. The molecule has 26 heavy (non-hydrogen) atoms. The minimum Gasteiger partial charge on any atom is -0.293 e. The van der Waals surface area contributed by atoms with Crippen LogP contribution in [0.3, 0.4) is 0 Å². The minimum absolute atomic E-state index is 0.179. The molecule has 1 aliphatic rings. The van der Waals surface area contributed by atoms with Gasteiger partial charge in [-0.25, -0.2) is 0 Å². The third-order valence-electron chi connectivity index (χ3n) is 5.26. The number of carbonyl (C=O) groups excluding carboxylic acids is 1. The van der Waals surface area contributed by atoms with Gasteiger partial charge in [0.1, 0.15) is 0 Å². The van der Waals surface area contributed by atoms with Gasteiger partial charge in [0.15, 0.2) is 5.78 Å². The second-order valence-corrected chi connectivity index (χ2v) is 8.02. The lowest BCUT2D eigenvalue weighted by molar-refractivity contribution is 0.102. The fourth-order valence-corrected chi connectivity index (χ4v) is 4.73. The summed E-state index contributed by atoms with van der Waals surface area (Å²) in [4.78, 5) is 18.1. The van der Waals surface area contributed by atoms with Gasteiger partial charge in [-0.1, -0.05) is 61.7 Å². The number of para-hydroxylation sites is 1. The zero-order valence-electron chi connectivity index (χ0n) is 14.9. The van der Waals surface area contributed by atoms with E-state index in [-0.39, 0.29) is 5.78 Å². The van der Waals surface area contributed by atoms with Crippen LogP contribution in [0, 0.1) is 0 Å². The first-order chi connectivity index (χ1) is 12.8. The third-order valence-corrected chi connectivity index (χ3v) is 6.31. The molecule has 0 atom stereocenters. The van der Waals surface area contributed by atoms with Gasteiger partial charge in [-0.15, -0.1) is 11.8 Å². The van der Waals surface area contributed by atoms with Gasteiger partial charge in [0.2, 0.25) is 0 Å². The molecule has 1 saturated carbocycles. The van der Waals surface area contributed by atoms with Gasteiger partial charge >= 0.3 is 0 Å². The van der Waals surface area contributed by atoms with Crippen LogP contribution in [0.15, 0.2) is 65.7 Å². The molecule has 1 aromatic heterocycles. The fourth-order valence-electron chi connectivity index (χ4n) is 3.80. The van der Waals surface area contributed by atoms with Crippen molar-refractivity contribution in [3.8, 4) is 0 Å². The molecular weight excluding hydrogens is 338 g/mol. The van der Waals surface area contributed by atoms with E-state index in [1.807, 2.05) is 30.3 Å². The summed E-state index contributed by atoms with van der Waals surface area (Å²) in [6.07, 6.45) is 8.42. The number of aromatic nitrogens is 1. The number of hydrogen-bond acceptors (Lipinski definition) is 3. The summed E-state index contributed by atoms with van der Waals surface area (Å²) in [7, 11) is 0. The quantitative estimate of drug-likeness (QED) is 0.397. The Morgan fingerprint density at radius 3 is 2.54 bits per heavy atom. The normalized spacial score (nSPS) is 15.2. The van der Waals surface area contributed by atoms with E-state index in [0.717, 1.165) is 21.4 Å². The molecule has 0 amide bonds. The average Bonchev–Trinajstić information content (AvgIpc) is 2.73. The smallest absolute Gasteiger partial charge is 0.173 e. The van der Waals surface area contributed by atoms with Crippen molar-refractivity contribution in [2.75, 3.05) is 5.75 Å². The molecule has 132 valence electrons. The van der Waals surface area contributed by atoms with Gasteiger partial charge in [-0.2, -0.15) is 0 Å². The lowest BCUT2D eigenvalue weighted by Crippen LogP contribution is -2.06. The van der Waals surface area contributed by atoms with Gasteiger partial charge in [0.05, 0.1) is 11.3 Å². The molecule has 3 heteroatoms. The molecule has 0 spiro atoms. The molecule has 0 unspecified atom stereocenters. The first-order valence-electron chi connectivity index (χ1n) is 9.41. The van der Waals surface area contributed by atoms with Crippen molar-refractivity contribution >= 4 is 28.4 Å². The summed E-state index contributed by atoms with van der Waals surface area (Å²) in [6, 6.07) is 18.4. The maximum absolute atomic E-state index is 12.6. The van der Waals surface area contributed by atoms with Crippen LogP contribution >= 0.6 is 11.8 Å². The Bertz CT molecular complexity index is 892. The Morgan fingerprint density at radius 1 is 0.962 bits per heavy atom. The summed E-state index contributed by atoms with van der Waals surface area (Å²) in [5, 5.41) is 1.11. The van der Waals surface area contributed by atoms with Crippen LogP contribution in [0.2, 0.25) is 0 Å². The van der Waals surface area contributed by atoms with Gasteiger partial charge in [0, 0.05) is 22.0 Å². The Kier molecular flexibility index (Phi) is 5.35. The van der Waals surface area contributed by atoms with Crippen molar-refractivity contribution in [2.45, 2.75) is 42.9 Å². The van der Waals surface area contributed by atoms with Crippen LogP contribution in [0.25, 0.3) is 10.9 Å². The summed E-state index contributed by atoms with van der Waals surface area (Å²) in [6.45, 7) is 0. The number of carbonyl (C=O) groups is 1. The molecule has 2 nitrogen and oxygen atoms in total. The molecule has 0 saturated heterocycles. The van der Waals surface area contributed by atoms with E-state index in [4.69, 9.17) is 0 Å². The standard InChI is InChI=1S/C23H23NOS/c25-21(16-26-22-10-4-8-20-9-5-15-24-23(20)22)19-13-11-18(12-14-19)17-6-2-1-3-7-17/h4-5,8-15,17H,1-3,6-7,16H2. The largest absolute Gasteiger partial charge is 0.293 e. The third kappa shape index (κ3) is 3.83. The first-order valence-corrected chi connectivity index (χ1v) is 10.4. The van der Waals surface area contributed by atoms with E-state index < -0.39 is 0 Å². The molecular formula is C23H23NOS. The molecule has 4 rings (SSSR count). The predicted octanol–water partition coefficient (Wildman–Crippen LogP) is 6.26. The molecule has 1 fully saturated rings. The van der Waals surface area contributed by atoms with Crippen molar-refractivity contribution < 1.29 is 4.79 Å². The molecule has 1 heterocycles. The maximum Gasteiger partial charge on any atom is 0.173 e. The van der Waals surface area contributed by atoms with E-state index in [2.05, 4.69) is 29.2 Å². The second kappa shape index (κ2) is 8.05. The highest BCUT2D eigenvalue weighted by Gasteiger charge is 2.16. The van der Waals surface area contributed by atoms with Crippen LogP contribution in [0.1, 0.15) is 53.9 Å². The number of fused-ring (bicyclic) bond motifs is 1. The van der Waals surface area contributed by atoms with E-state index in [9.17, 15) is 4.79 Å². The Labute approximate surface area is 159 Å². The van der Waals surface area contributed by atoms with Crippen LogP contribution in [0.4, 0.5) is 0 Å². The summed E-state index contributed by atoms with van der Waals surface area (Å²) < 4.78 is 0. The summed E-state index contributed by atoms with van der Waals surface area (Å²) in [5.74, 6) is 1.31. The average molecular weight is 362 g/mol. The number of thioether (sulfide) groups is 1. The minimum atomic E-state index is 0.179. The van der Waals surface area contributed by atoms with Gasteiger partial charge in [0.25, 0.3) is 0 Å². The topological polar surface area (TPSA) is 30.0 Å². The number of pyridine rings is 1. The van der Waals surface area contributed by atoms with Crippen molar-refractivity contribution in [3.63, 3.8) is 0 Å². The van der Waals surface area contributed by atoms with Gasteiger partial charge in [-0.05, 0) is 36.5 Å². The first kappa shape index (κ1) is 17.3. The predicted molar refractivity (Wildman–Crippen MR) is 109 cm³/mol. The van der Waals surface area contributed by atoms with Crippen molar-refractivity contribution in [3.05, 3.63) is 71.9 Å². The number of rotatable bonds is 5. The zero-order chi connectivity index (χ0) is 17.8. The van der Waals surface area contributed by atoms with Crippen molar-refractivity contribution in [1.82, 2.24) is 4.98 Å². The highest BCUT2D eigenvalue weighted by molar-refractivity contribution is 8.00. The SMILES string of the molecule is O=C(CSc1cccc2cccnc12)c1ccc(C2CCCCC2)cc1. The Balaban J connectivity index is 1.43. The van der Waals surface area contributed by atoms with Crippen LogP contribution < -0.4 is 0 Å². The Hall–Kier alpha value is -2.13. The lowest BCUT2D eigenvalue weighted by Gasteiger charge is -2.22. The number of nitrogens with zero attached hydrogens (tertiary/aromatic N) is 1. The van der Waals surface area contributed by atoms with Crippen LogP contribution in [0.5, 0.6) is 0 Å². The molecule has 1 aliphatic carbocycles. The van der Waals surface area contributed by atoms with Crippen molar-refractivity contribution in [2.24, 2.45) is 0 Å². The van der Waals surface area contributed by atoms with E-state index in [0.29, 0.717) is 11.7 Å². The van der Waals surface area contributed by atoms with Gasteiger partial charge in [-0.3, -0.25) is 9.78 Å². The fraction of sp³-hybridized carbons (Fsp3) is 0.304. The summed E-state index contributed by atoms with van der Waals surface area (Å²) in [5.41, 5.74) is 3.18. The Morgan fingerprint density at radius 2 is 1.73 bits per heavy atom. The highest BCUT2D eigenvalue weighted by atomic mass is 32.2. The maximum atomic E-state index is 12.6. The van der Waals surface area contributed by atoms with Crippen molar-refractivity contribution in [1.29, 1.82) is 0 Å². The molecule has 2 aromatic carbocycles. The lowest BCUT2D eigenvalue weighted by atomic mass is 9.84. The number of Topliss-reactive ketones (excluding diaryl/α,β-unsaturated/α-hetero) is 1. The van der Waals surface area contributed by atoms with Gasteiger partial charge < -0.3 is 0 Å².